The van der Waals surface area contributed by atoms with Gasteiger partial charge in [-0.25, -0.2) is 0 Å². The van der Waals surface area contributed by atoms with Crippen LogP contribution in [-0.4, -0.2) is 85.5 Å². The van der Waals surface area contributed by atoms with Crippen LogP contribution in [0.3, 0.4) is 0 Å². The Morgan fingerprint density at radius 2 is 1.23 bits per heavy atom. The maximum absolute atomic E-state index is 12.5. The zero-order valence-corrected chi connectivity index (χ0v) is 32.2. The van der Waals surface area contributed by atoms with Gasteiger partial charge in [0.2, 0.25) is 0 Å². The summed E-state index contributed by atoms with van der Waals surface area (Å²) in [7, 11) is 4.94. The third-order valence-corrected chi connectivity index (χ3v) is 14.5. The second kappa shape index (κ2) is 13.4. The minimum Gasteiger partial charge on any atom is -1.00 e. The molecule has 1 unspecified atom stereocenters. The molecule has 0 spiro atoms. The summed E-state index contributed by atoms with van der Waals surface area (Å²) >= 11 is 0. The zero-order chi connectivity index (χ0) is 29.2. The molecule has 0 bridgehead atoms. The molecule has 2 saturated heterocycles. The van der Waals surface area contributed by atoms with Gasteiger partial charge in [0, 0.05) is 32.1 Å². The quantitative estimate of drug-likeness (QED) is 0.230. The second-order valence-corrected chi connectivity index (χ2v) is 16.7. The minimum atomic E-state index is -0.0998. The first-order chi connectivity index (χ1) is 19.4. The third-order valence-electron chi connectivity index (χ3n) is 14.5. The first-order valence-electron chi connectivity index (χ1n) is 17.4. The van der Waals surface area contributed by atoms with Crippen LogP contribution in [0.5, 0.6) is 0 Å². The number of likely N-dealkylation sites (N-methyl/N-ethyl adjacent to an activating group) is 2. The minimum absolute atomic E-state index is 0. The highest BCUT2D eigenvalue weighted by atomic mass is 127. The molecule has 6 fully saturated rings. The van der Waals surface area contributed by atoms with E-state index in [-0.39, 0.29) is 77.5 Å². The molecule has 0 amide bonds. The van der Waals surface area contributed by atoms with Crippen LogP contribution in [0.2, 0.25) is 0 Å². The van der Waals surface area contributed by atoms with Crippen LogP contribution < -0.4 is 48.0 Å². The fourth-order valence-corrected chi connectivity index (χ4v) is 12.3. The molecule has 10 atom stereocenters. The van der Waals surface area contributed by atoms with Crippen molar-refractivity contribution in [3.8, 4) is 0 Å². The molecule has 0 aromatic carbocycles. The van der Waals surface area contributed by atoms with E-state index in [9.17, 15) is 9.59 Å². The summed E-state index contributed by atoms with van der Waals surface area (Å²) < 4.78 is 14.7. The lowest BCUT2D eigenvalue weighted by molar-refractivity contribution is -0.943. The maximum Gasteiger partial charge on any atom is 0.303 e. The summed E-state index contributed by atoms with van der Waals surface area (Å²) in [5.41, 5.74) is 0.377. The Kier molecular flexibility index (Phi) is 11.3. The van der Waals surface area contributed by atoms with Crippen molar-refractivity contribution in [3.63, 3.8) is 0 Å². The van der Waals surface area contributed by atoms with Crippen molar-refractivity contribution in [2.75, 3.05) is 40.3 Å². The van der Waals surface area contributed by atoms with Crippen molar-refractivity contribution in [3.05, 3.63) is 0 Å². The van der Waals surface area contributed by atoms with Gasteiger partial charge in [-0.15, -0.1) is 0 Å². The van der Waals surface area contributed by atoms with Gasteiger partial charge < -0.3 is 66.4 Å². The van der Waals surface area contributed by atoms with Gasteiger partial charge in [-0.3, -0.25) is 9.59 Å². The number of ether oxygens (including phenoxy) is 2. The number of nitrogens with zero attached hydrogens (tertiary/aromatic N) is 2. The van der Waals surface area contributed by atoms with E-state index >= 15 is 0 Å². The number of piperidine rings is 2. The second-order valence-electron chi connectivity index (χ2n) is 16.7. The summed E-state index contributed by atoms with van der Waals surface area (Å²) in [6.45, 7) is 13.3. The van der Waals surface area contributed by atoms with Gasteiger partial charge in [0.05, 0.1) is 40.3 Å². The number of likely N-dealkylation sites (tertiary alicyclic amines) is 2. The van der Waals surface area contributed by atoms with Crippen LogP contribution in [0.25, 0.3) is 0 Å². The van der Waals surface area contributed by atoms with Crippen LogP contribution in [-0.2, 0) is 19.1 Å². The number of quaternary nitrogens is 2. The molecule has 6 aliphatic rings. The number of halogens is 2. The molecule has 4 aliphatic carbocycles. The number of fused-ring (bicyclic) bond motifs is 5. The van der Waals surface area contributed by atoms with E-state index in [2.05, 4.69) is 27.9 Å². The first kappa shape index (κ1) is 36.2. The van der Waals surface area contributed by atoms with Crippen molar-refractivity contribution >= 4 is 11.9 Å². The van der Waals surface area contributed by atoms with E-state index in [1.807, 2.05) is 0 Å². The fourth-order valence-electron chi connectivity index (χ4n) is 12.3. The van der Waals surface area contributed by atoms with Crippen LogP contribution in [0.1, 0.15) is 111 Å². The standard InChI is InChI=1S/C35H60N2O4.2HI/c1-24(38)40-32-21-26-13-14-27-28(35(26,4)23-31(32)37(6)19-11-8-12-20-37)15-16-34(3)29(27)22-30(33(34)41-25(2)39)36(5)17-9-7-10-18-36;;/h26-33H,7-23H2,1-6H3;2*1H/q+2;;/p-2/t26-,27+,28?,29-,30-,31-,32-,33-,34-,35-;;/m0../s1. The van der Waals surface area contributed by atoms with Gasteiger partial charge in [0.15, 0.2) is 12.2 Å². The first-order valence-corrected chi connectivity index (χ1v) is 17.4. The van der Waals surface area contributed by atoms with Gasteiger partial charge in [0.1, 0.15) is 12.1 Å². The highest BCUT2D eigenvalue weighted by Gasteiger charge is 2.68. The van der Waals surface area contributed by atoms with E-state index in [0.717, 1.165) is 21.3 Å². The number of carbonyl (C=O) groups is 2. The molecule has 0 aromatic rings. The van der Waals surface area contributed by atoms with Gasteiger partial charge in [-0.05, 0) is 99.7 Å². The lowest BCUT2D eigenvalue weighted by Gasteiger charge is -2.63. The van der Waals surface area contributed by atoms with Crippen LogP contribution in [0.4, 0.5) is 0 Å². The molecule has 4 saturated carbocycles. The Morgan fingerprint density at radius 1 is 0.674 bits per heavy atom. The Labute approximate surface area is 296 Å². The van der Waals surface area contributed by atoms with Crippen LogP contribution in [0, 0.1) is 34.5 Å². The van der Waals surface area contributed by atoms with E-state index in [0.29, 0.717) is 35.3 Å². The third kappa shape index (κ3) is 6.32. The number of rotatable bonds is 4. The summed E-state index contributed by atoms with van der Waals surface area (Å²) in [6.07, 6.45) is 16.4. The number of hydrogen-bond acceptors (Lipinski definition) is 4. The van der Waals surface area contributed by atoms with Crippen LogP contribution >= 0.6 is 0 Å². The molecule has 8 heteroatoms. The highest BCUT2D eigenvalue weighted by molar-refractivity contribution is 5.66. The number of esters is 2. The van der Waals surface area contributed by atoms with Crippen molar-refractivity contribution in [2.45, 2.75) is 135 Å². The largest absolute Gasteiger partial charge is 1.00 e. The molecular weight excluding hydrogens is 766 g/mol. The maximum atomic E-state index is 12.5. The molecular formula is C35H60I2N2O4. The molecule has 2 heterocycles. The number of hydrogen-bond donors (Lipinski definition) is 0. The van der Waals surface area contributed by atoms with Gasteiger partial charge in [-0.1, -0.05) is 13.8 Å². The van der Waals surface area contributed by atoms with Gasteiger partial charge in [0.25, 0.3) is 0 Å². The predicted molar refractivity (Wildman–Crippen MR) is 161 cm³/mol. The SMILES string of the molecule is CC(=O)O[C@H]1C[C@@H]2CC[C@@H]3C(CC[C@@]4(C)[C@H]3C[C@H]([N+]3(C)CCCCC3)[C@@H]4OC(C)=O)[C@@]2(C)C[C@@H]1[N+]1(C)CCCCC1.[I-].[I-]. The molecule has 0 aromatic heterocycles. The van der Waals surface area contributed by atoms with E-state index in [1.54, 1.807) is 13.8 Å². The average molecular weight is 827 g/mol. The molecule has 6 nitrogen and oxygen atoms in total. The normalized spacial score (nSPS) is 44.7. The lowest BCUT2D eigenvalue weighted by Crippen LogP contribution is -3.00. The van der Waals surface area contributed by atoms with Crippen molar-refractivity contribution < 1.29 is 76.0 Å². The van der Waals surface area contributed by atoms with Crippen molar-refractivity contribution in [1.82, 2.24) is 0 Å². The summed E-state index contributed by atoms with van der Waals surface area (Å²) in [5, 5.41) is 0. The van der Waals surface area contributed by atoms with E-state index in [1.165, 1.54) is 103 Å². The Bertz CT molecular complexity index is 1010. The molecule has 2 aliphatic heterocycles. The van der Waals surface area contributed by atoms with E-state index in [4.69, 9.17) is 9.47 Å². The predicted octanol–water partition coefficient (Wildman–Crippen LogP) is 0.119. The number of carbonyl (C=O) groups excluding carboxylic acids is 2. The van der Waals surface area contributed by atoms with Crippen molar-refractivity contribution in [1.29, 1.82) is 0 Å². The van der Waals surface area contributed by atoms with E-state index < -0.39 is 0 Å². The van der Waals surface area contributed by atoms with Gasteiger partial charge >= 0.3 is 11.9 Å². The topological polar surface area (TPSA) is 52.6 Å². The summed E-state index contributed by atoms with van der Waals surface area (Å²) in [4.78, 5) is 24.8. The molecule has 0 radical (unpaired) electrons. The lowest BCUT2D eigenvalue weighted by atomic mass is 9.44. The highest BCUT2D eigenvalue weighted by Crippen LogP contribution is 2.68. The molecule has 43 heavy (non-hydrogen) atoms. The summed E-state index contributed by atoms with van der Waals surface area (Å²) in [5.74, 6) is 2.52. The Balaban J connectivity index is 0.00000212. The van der Waals surface area contributed by atoms with Crippen molar-refractivity contribution in [2.24, 2.45) is 34.5 Å². The average Bonchev–Trinajstić information content (AvgIpc) is 3.21. The van der Waals surface area contributed by atoms with Gasteiger partial charge in [-0.2, -0.15) is 0 Å². The Morgan fingerprint density at radius 3 is 1.79 bits per heavy atom. The summed E-state index contributed by atoms with van der Waals surface area (Å²) in [6, 6.07) is 0.846. The van der Waals surface area contributed by atoms with Crippen LogP contribution in [0.15, 0.2) is 0 Å². The smallest absolute Gasteiger partial charge is 0.303 e. The molecule has 0 N–H and O–H groups in total. The fraction of sp³-hybridized carbons (Fsp3) is 0.943. The Hall–Kier alpha value is 0.320. The molecule has 248 valence electrons. The zero-order valence-electron chi connectivity index (χ0n) is 27.9. The monoisotopic (exact) mass is 826 g/mol. The molecule has 6 rings (SSSR count).